The van der Waals surface area contributed by atoms with Crippen LogP contribution in [0, 0.1) is 11.3 Å². The highest BCUT2D eigenvalue weighted by Crippen LogP contribution is 2.31. The predicted octanol–water partition coefficient (Wildman–Crippen LogP) is 3.47. The van der Waals surface area contributed by atoms with Crippen LogP contribution in [0.4, 0.5) is 5.82 Å². The van der Waals surface area contributed by atoms with Gasteiger partial charge in [-0.05, 0) is 19.1 Å². The number of nitriles is 1. The SMILES string of the molecule is CC(Oc1c(-c2ccccc2)oc2ccccc2c1=O)C(=O)Nc1c(C#N)cnn1C. The zero-order valence-electron chi connectivity index (χ0n) is 16.8. The molecule has 8 heteroatoms. The molecule has 2 heterocycles. The number of ether oxygens (including phenoxy) is 1. The van der Waals surface area contributed by atoms with Crippen molar-refractivity contribution in [2.75, 3.05) is 5.32 Å². The van der Waals surface area contributed by atoms with Crippen LogP contribution in [-0.2, 0) is 11.8 Å². The lowest BCUT2D eigenvalue weighted by Gasteiger charge is -2.17. The van der Waals surface area contributed by atoms with Crippen LogP contribution in [0.15, 0.2) is 70.0 Å². The molecule has 4 rings (SSSR count). The largest absolute Gasteiger partial charge is 0.473 e. The molecular formula is C23H18N4O4. The molecule has 1 amide bonds. The van der Waals surface area contributed by atoms with E-state index in [0.717, 1.165) is 0 Å². The first-order chi connectivity index (χ1) is 15.0. The van der Waals surface area contributed by atoms with Crippen LogP contribution in [0.2, 0.25) is 0 Å². The quantitative estimate of drug-likeness (QED) is 0.535. The van der Waals surface area contributed by atoms with E-state index in [9.17, 15) is 14.9 Å². The minimum Gasteiger partial charge on any atom is -0.473 e. The van der Waals surface area contributed by atoms with E-state index in [1.54, 1.807) is 43.4 Å². The average molecular weight is 414 g/mol. The van der Waals surface area contributed by atoms with Gasteiger partial charge in [0.05, 0.1) is 11.6 Å². The number of nitrogens with one attached hydrogen (secondary N) is 1. The van der Waals surface area contributed by atoms with Crippen LogP contribution in [0.25, 0.3) is 22.3 Å². The van der Waals surface area contributed by atoms with Crippen LogP contribution in [0.1, 0.15) is 12.5 Å². The van der Waals surface area contributed by atoms with Gasteiger partial charge in [-0.25, -0.2) is 0 Å². The summed E-state index contributed by atoms with van der Waals surface area (Å²) in [6, 6.07) is 17.9. The number of rotatable bonds is 5. The van der Waals surface area contributed by atoms with Gasteiger partial charge in [-0.15, -0.1) is 0 Å². The highest BCUT2D eigenvalue weighted by Gasteiger charge is 2.24. The summed E-state index contributed by atoms with van der Waals surface area (Å²) in [5.74, 6) is -0.108. The molecule has 2 aromatic carbocycles. The van der Waals surface area contributed by atoms with Gasteiger partial charge in [-0.1, -0.05) is 42.5 Å². The van der Waals surface area contributed by atoms with Gasteiger partial charge in [0.25, 0.3) is 5.91 Å². The fourth-order valence-corrected chi connectivity index (χ4v) is 3.13. The molecule has 0 aliphatic rings. The monoisotopic (exact) mass is 414 g/mol. The van der Waals surface area contributed by atoms with Crippen LogP contribution in [-0.4, -0.2) is 21.8 Å². The summed E-state index contributed by atoms with van der Waals surface area (Å²) in [4.78, 5) is 25.9. The van der Waals surface area contributed by atoms with E-state index in [0.29, 0.717) is 16.5 Å². The van der Waals surface area contributed by atoms with Gasteiger partial charge in [-0.3, -0.25) is 14.3 Å². The second-order valence-electron chi connectivity index (χ2n) is 6.84. The van der Waals surface area contributed by atoms with E-state index >= 15 is 0 Å². The molecule has 0 saturated heterocycles. The second kappa shape index (κ2) is 8.16. The molecule has 0 fully saturated rings. The van der Waals surface area contributed by atoms with Gasteiger partial charge in [0.15, 0.2) is 11.9 Å². The van der Waals surface area contributed by atoms with E-state index in [1.807, 2.05) is 24.3 Å². The molecule has 0 bridgehead atoms. The summed E-state index contributed by atoms with van der Waals surface area (Å²) in [6.45, 7) is 1.52. The van der Waals surface area contributed by atoms with Gasteiger partial charge in [0, 0.05) is 12.6 Å². The molecule has 0 radical (unpaired) electrons. The number of aryl methyl sites for hydroxylation is 1. The number of anilines is 1. The Morgan fingerprint density at radius 3 is 2.65 bits per heavy atom. The van der Waals surface area contributed by atoms with Gasteiger partial charge in [0.2, 0.25) is 11.2 Å². The van der Waals surface area contributed by atoms with Crippen molar-refractivity contribution in [3.8, 4) is 23.1 Å². The zero-order valence-corrected chi connectivity index (χ0v) is 16.8. The highest BCUT2D eigenvalue weighted by molar-refractivity contribution is 5.94. The molecule has 154 valence electrons. The number of hydrogen-bond donors (Lipinski definition) is 1. The normalized spacial score (nSPS) is 11.6. The number of carbonyl (C=O) groups excluding carboxylic acids is 1. The standard InChI is InChI=1S/C23H18N4O4/c1-14(23(29)26-22-16(12-24)13-25-27(22)2)30-21-19(28)17-10-6-7-11-18(17)31-20(21)15-8-4-3-5-9-15/h3-11,13-14H,1-2H3,(H,26,29). The number of amides is 1. The first-order valence-electron chi connectivity index (χ1n) is 9.50. The third-order valence-electron chi connectivity index (χ3n) is 4.76. The Kier molecular flexibility index (Phi) is 5.24. The molecule has 2 aromatic heterocycles. The maximum atomic E-state index is 13.2. The number of aromatic nitrogens is 2. The lowest BCUT2D eigenvalue weighted by molar-refractivity contribution is -0.122. The van der Waals surface area contributed by atoms with E-state index in [1.165, 1.54) is 17.8 Å². The Morgan fingerprint density at radius 2 is 1.90 bits per heavy atom. The highest BCUT2D eigenvalue weighted by atomic mass is 16.5. The molecule has 0 aliphatic heterocycles. The minimum absolute atomic E-state index is 0.0573. The van der Waals surface area contributed by atoms with Crippen molar-refractivity contribution in [1.29, 1.82) is 5.26 Å². The molecular weight excluding hydrogens is 396 g/mol. The van der Waals surface area contributed by atoms with Crippen molar-refractivity contribution in [2.24, 2.45) is 7.05 Å². The number of nitrogens with zero attached hydrogens (tertiary/aromatic N) is 3. The second-order valence-corrected chi connectivity index (χ2v) is 6.84. The predicted molar refractivity (Wildman–Crippen MR) is 115 cm³/mol. The van der Waals surface area contributed by atoms with Crippen molar-refractivity contribution in [3.05, 3.63) is 76.6 Å². The summed E-state index contributed by atoms with van der Waals surface area (Å²) >= 11 is 0. The van der Waals surface area contributed by atoms with Crippen molar-refractivity contribution in [1.82, 2.24) is 9.78 Å². The minimum atomic E-state index is -1.05. The van der Waals surface area contributed by atoms with E-state index < -0.39 is 12.0 Å². The third-order valence-corrected chi connectivity index (χ3v) is 4.76. The summed E-state index contributed by atoms with van der Waals surface area (Å²) in [5, 5.41) is 16.1. The molecule has 1 N–H and O–H groups in total. The van der Waals surface area contributed by atoms with Gasteiger partial charge in [0.1, 0.15) is 23.0 Å². The Labute approximate surface area is 177 Å². The molecule has 1 unspecified atom stereocenters. The number of benzene rings is 2. The first kappa shape index (κ1) is 19.9. The molecule has 8 nitrogen and oxygen atoms in total. The summed E-state index contributed by atoms with van der Waals surface area (Å²) in [7, 11) is 1.60. The molecule has 0 spiro atoms. The Balaban J connectivity index is 1.72. The maximum absolute atomic E-state index is 13.2. The van der Waals surface area contributed by atoms with Gasteiger partial charge >= 0.3 is 0 Å². The van der Waals surface area contributed by atoms with Crippen LogP contribution in [0.3, 0.4) is 0 Å². The van der Waals surface area contributed by atoms with Gasteiger partial charge < -0.3 is 14.5 Å². The molecule has 0 saturated carbocycles. The first-order valence-corrected chi connectivity index (χ1v) is 9.50. The Hall–Kier alpha value is -4.38. The topological polar surface area (TPSA) is 110 Å². The average Bonchev–Trinajstić information content (AvgIpc) is 3.15. The van der Waals surface area contributed by atoms with E-state index in [2.05, 4.69) is 10.4 Å². The summed E-state index contributed by atoms with van der Waals surface area (Å²) in [5.41, 5.74) is 0.910. The van der Waals surface area contributed by atoms with E-state index in [-0.39, 0.29) is 28.3 Å². The van der Waals surface area contributed by atoms with Crippen molar-refractivity contribution < 1.29 is 13.9 Å². The maximum Gasteiger partial charge on any atom is 0.266 e. The van der Waals surface area contributed by atoms with Gasteiger partial charge in [-0.2, -0.15) is 10.4 Å². The molecule has 4 aromatic rings. The zero-order chi connectivity index (χ0) is 22.0. The number of hydrogen-bond acceptors (Lipinski definition) is 6. The van der Waals surface area contributed by atoms with Crippen LogP contribution in [0.5, 0.6) is 5.75 Å². The molecule has 31 heavy (non-hydrogen) atoms. The third kappa shape index (κ3) is 3.76. The Bertz CT molecular complexity index is 1370. The number of para-hydroxylation sites is 1. The van der Waals surface area contributed by atoms with Crippen molar-refractivity contribution >= 4 is 22.7 Å². The fraction of sp³-hybridized carbons (Fsp3) is 0.130. The van der Waals surface area contributed by atoms with E-state index in [4.69, 9.17) is 9.15 Å². The molecule has 1 atom stereocenters. The molecule has 0 aliphatic carbocycles. The lowest BCUT2D eigenvalue weighted by Crippen LogP contribution is -2.32. The number of fused-ring (bicyclic) bond motifs is 1. The van der Waals surface area contributed by atoms with Crippen LogP contribution < -0.4 is 15.5 Å². The van der Waals surface area contributed by atoms with Crippen molar-refractivity contribution in [3.63, 3.8) is 0 Å². The fourth-order valence-electron chi connectivity index (χ4n) is 3.13. The lowest BCUT2D eigenvalue weighted by atomic mass is 10.1. The number of carbonyl (C=O) groups is 1. The summed E-state index contributed by atoms with van der Waals surface area (Å²) in [6.07, 6.45) is 0.306. The smallest absolute Gasteiger partial charge is 0.266 e. The Morgan fingerprint density at radius 1 is 1.19 bits per heavy atom. The van der Waals surface area contributed by atoms with Crippen LogP contribution >= 0.6 is 0 Å². The van der Waals surface area contributed by atoms with Crippen molar-refractivity contribution in [2.45, 2.75) is 13.0 Å². The summed E-state index contributed by atoms with van der Waals surface area (Å²) < 4.78 is 13.2.